The number of benzene rings is 1. The van der Waals surface area contributed by atoms with Gasteiger partial charge in [-0.05, 0) is 5.56 Å². The van der Waals surface area contributed by atoms with E-state index in [4.69, 9.17) is 11.5 Å². The number of hydrogen-bond acceptors (Lipinski definition) is 3. The van der Waals surface area contributed by atoms with Gasteiger partial charge in [-0.2, -0.15) is 5.10 Å². The van der Waals surface area contributed by atoms with Gasteiger partial charge in [-0.3, -0.25) is 9.48 Å². The van der Waals surface area contributed by atoms with Crippen molar-refractivity contribution in [3.05, 3.63) is 47.8 Å². The van der Waals surface area contributed by atoms with Crippen LogP contribution in [0.4, 0.5) is 5.69 Å². The second kappa shape index (κ2) is 4.06. The van der Waals surface area contributed by atoms with Crippen LogP contribution < -0.4 is 11.5 Å². The summed E-state index contributed by atoms with van der Waals surface area (Å²) in [7, 11) is 0. The van der Waals surface area contributed by atoms with Crippen molar-refractivity contribution in [1.82, 2.24) is 9.78 Å². The van der Waals surface area contributed by atoms with Gasteiger partial charge < -0.3 is 11.5 Å². The maximum Gasteiger partial charge on any atom is 0.271 e. The third kappa shape index (κ3) is 2.03. The summed E-state index contributed by atoms with van der Waals surface area (Å²) in [6.45, 7) is 0.568. The van der Waals surface area contributed by atoms with E-state index in [0.29, 0.717) is 12.2 Å². The standard InChI is InChI=1S/C11H12N4O/c12-9-7-15(14-10(9)11(13)16)6-8-4-2-1-3-5-8/h1-5,7H,6,12H2,(H2,13,16). The summed E-state index contributed by atoms with van der Waals surface area (Å²) in [5, 5.41) is 4.02. The maximum absolute atomic E-state index is 11.0. The fourth-order valence-corrected chi connectivity index (χ4v) is 1.48. The monoisotopic (exact) mass is 216 g/mol. The number of carbonyl (C=O) groups is 1. The summed E-state index contributed by atoms with van der Waals surface area (Å²) in [4.78, 5) is 11.0. The van der Waals surface area contributed by atoms with E-state index in [-0.39, 0.29) is 5.69 Å². The van der Waals surface area contributed by atoms with E-state index >= 15 is 0 Å². The topological polar surface area (TPSA) is 86.9 Å². The molecule has 0 saturated heterocycles. The quantitative estimate of drug-likeness (QED) is 0.788. The number of nitrogen functional groups attached to an aromatic ring is 1. The highest BCUT2D eigenvalue weighted by Gasteiger charge is 2.10. The van der Waals surface area contributed by atoms with Crippen molar-refractivity contribution < 1.29 is 4.79 Å². The van der Waals surface area contributed by atoms with E-state index in [2.05, 4.69) is 5.10 Å². The normalized spacial score (nSPS) is 10.2. The molecule has 0 aliphatic carbocycles. The number of anilines is 1. The predicted molar refractivity (Wildman–Crippen MR) is 60.7 cm³/mol. The highest BCUT2D eigenvalue weighted by Crippen LogP contribution is 2.10. The van der Waals surface area contributed by atoms with Crippen molar-refractivity contribution in [2.75, 3.05) is 5.73 Å². The molecule has 1 amide bonds. The molecule has 0 atom stereocenters. The average Bonchev–Trinajstić information content (AvgIpc) is 2.61. The summed E-state index contributed by atoms with van der Waals surface area (Å²) in [5.74, 6) is -0.607. The zero-order valence-corrected chi connectivity index (χ0v) is 8.63. The van der Waals surface area contributed by atoms with Gasteiger partial charge in [-0.1, -0.05) is 30.3 Å². The van der Waals surface area contributed by atoms with E-state index in [0.717, 1.165) is 5.56 Å². The predicted octanol–water partition coefficient (Wildman–Crippen LogP) is 0.612. The minimum Gasteiger partial charge on any atom is -0.396 e. The van der Waals surface area contributed by atoms with Crippen LogP contribution in [0.25, 0.3) is 0 Å². The van der Waals surface area contributed by atoms with Crippen LogP contribution in [-0.4, -0.2) is 15.7 Å². The molecule has 0 radical (unpaired) electrons. The molecule has 82 valence electrons. The van der Waals surface area contributed by atoms with Crippen molar-refractivity contribution in [2.45, 2.75) is 6.54 Å². The number of primary amides is 1. The van der Waals surface area contributed by atoms with Crippen LogP contribution in [-0.2, 0) is 6.54 Å². The molecule has 0 saturated carbocycles. The van der Waals surface area contributed by atoms with E-state index < -0.39 is 5.91 Å². The fraction of sp³-hybridized carbons (Fsp3) is 0.0909. The molecule has 2 rings (SSSR count). The van der Waals surface area contributed by atoms with Crippen molar-refractivity contribution in [1.29, 1.82) is 0 Å². The molecule has 0 aliphatic heterocycles. The van der Waals surface area contributed by atoms with Gasteiger partial charge in [0.1, 0.15) is 0 Å². The molecule has 1 aromatic heterocycles. The van der Waals surface area contributed by atoms with Crippen LogP contribution in [0, 0.1) is 0 Å². The number of aromatic nitrogens is 2. The lowest BCUT2D eigenvalue weighted by atomic mass is 10.2. The van der Waals surface area contributed by atoms with Crippen LogP contribution in [0.2, 0.25) is 0 Å². The van der Waals surface area contributed by atoms with Crippen LogP contribution in [0.15, 0.2) is 36.5 Å². The molecular weight excluding hydrogens is 204 g/mol. The summed E-state index contributed by atoms with van der Waals surface area (Å²) in [5.41, 5.74) is 12.3. The van der Waals surface area contributed by atoms with Gasteiger partial charge in [0, 0.05) is 6.20 Å². The summed E-state index contributed by atoms with van der Waals surface area (Å²) in [6.07, 6.45) is 1.60. The largest absolute Gasteiger partial charge is 0.396 e. The molecule has 16 heavy (non-hydrogen) atoms. The Labute approximate surface area is 92.7 Å². The number of nitrogens with two attached hydrogens (primary N) is 2. The van der Waals surface area contributed by atoms with Gasteiger partial charge in [0.2, 0.25) is 0 Å². The maximum atomic E-state index is 11.0. The highest BCUT2D eigenvalue weighted by molar-refractivity contribution is 5.95. The molecule has 0 spiro atoms. The first kappa shape index (κ1) is 10.2. The van der Waals surface area contributed by atoms with Crippen molar-refractivity contribution in [3.8, 4) is 0 Å². The van der Waals surface area contributed by atoms with E-state index in [9.17, 15) is 4.79 Å². The molecule has 1 heterocycles. The van der Waals surface area contributed by atoms with Crippen molar-refractivity contribution >= 4 is 11.6 Å². The Bertz CT molecular complexity index is 504. The lowest BCUT2D eigenvalue weighted by Gasteiger charge is -2.00. The number of amides is 1. The molecular formula is C11H12N4O. The molecule has 1 aromatic carbocycles. The molecule has 0 aliphatic rings. The van der Waals surface area contributed by atoms with E-state index in [1.54, 1.807) is 10.9 Å². The summed E-state index contributed by atoms with van der Waals surface area (Å²) >= 11 is 0. The van der Waals surface area contributed by atoms with Gasteiger partial charge in [0.15, 0.2) is 5.69 Å². The lowest BCUT2D eigenvalue weighted by molar-refractivity contribution is 0.0995. The Morgan fingerprint density at radius 1 is 1.31 bits per heavy atom. The first-order valence-electron chi connectivity index (χ1n) is 4.83. The first-order chi connectivity index (χ1) is 7.66. The molecule has 5 nitrogen and oxygen atoms in total. The fourth-order valence-electron chi connectivity index (χ4n) is 1.48. The van der Waals surface area contributed by atoms with Crippen LogP contribution in [0.5, 0.6) is 0 Å². The Balaban J connectivity index is 2.23. The van der Waals surface area contributed by atoms with Gasteiger partial charge in [-0.15, -0.1) is 0 Å². The molecule has 0 unspecified atom stereocenters. The van der Waals surface area contributed by atoms with Gasteiger partial charge in [-0.25, -0.2) is 0 Å². The Kier molecular flexibility index (Phi) is 2.59. The van der Waals surface area contributed by atoms with Crippen molar-refractivity contribution in [2.24, 2.45) is 5.73 Å². The van der Waals surface area contributed by atoms with Crippen LogP contribution in [0.1, 0.15) is 16.1 Å². The van der Waals surface area contributed by atoms with Crippen molar-refractivity contribution in [3.63, 3.8) is 0 Å². The Morgan fingerprint density at radius 3 is 2.56 bits per heavy atom. The second-order valence-electron chi connectivity index (χ2n) is 3.48. The number of nitrogens with zero attached hydrogens (tertiary/aromatic N) is 2. The Hall–Kier alpha value is -2.30. The van der Waals surface area contributed by atoms with Gasteiger partial charge in [0.05, 0.1) is 12.2 Å². The minimum atomic E-state index is -0.607. The summed E-state index contributed by atoms with van der Waals surface area (Å²) in [6, 6.07) is 9.77. The molecule has 0 fully saturated rings. The molecule has 0 bridgehead atoms. The average molecular weight is 216 g/mol. The molecule has 5 heteroatoms. The zero-order chi connectivity index (χ0) is 11.5. The molecule has 4 N–H and O–H groups in total. The Morgan fingerprint density at radius 2 is 2.00 bits per heavy atom. The van der Waals surface area contributed by atoms with Crippen LogP contribution in [0.3, 0.4) is 0 Å². The third-order valence-corrected chi connectivity index (χ3v) is 2.21. The smallest absolute Gasteiger partial charge is 0.271 e. The van der Waals surface area contributed by atoms with Gasteiger partial charge >= 0.3 is 0 Å². The zero-order valence-electron chi connectivity index (χ0n) is 8.63. The third-order valence-electron chi connectivity index (χ3n) is 2.21. The van der Waals surface area contributed by atoms with Crippen LogP contribution >= 0.6 is 0 Å². The first-order valence-corrected chi connectivity index (χ1v) is 4.83. The number of carbonyl (C=O) groups excluding carboxylic acids is 1. The summed E-state index contributed by atoms with van der Waals surface area (Å²) < 4.78 is 1.60. The molecule has 2 aromatic rings. The van der Waals surface area contributed by atoms with E-state index in [1.165, 1.54) is 0 Å². The van der Waals surface area contributed by atoms with Gasteiger partial charge in [0.25, 0.3) is 5.91 Å². The SMILES string of the molecule is NC(=O)c1nn(Cc2ccccc2)cc1N. The van der Waals surface area contributed by atoms with E-state index in [1.807, 2.05) is 30.3 Å². The highest BCUT2D eigenvalue weighted by atomic mass is 16.1. The lowest BCUT2D eigenvalue weighted by Crippen LogP contribution is -2.14. The number of hydrogen-bond donors (Lipinski definition) is 2. The second-order valence-corrected chi connectivity index (χ2v) is 3.48. The number of rotatable bonds is 3. The minimum absolute atomic E-state index is 0.121.